The Bertz CT molecular complexity index is 661. The Morgan fingerprint density at radius 3 is 2.81 bits per heavy atom. The molecule has 0 atom stereocenters. The molecule has 2 aromatic rings. The first-order valence-electron chi connectivity index (χ1n) is 7.27. The molecule has 5 heteroatoms. The van der Waals surface area contributed by atoms with Crippen LogP contribution in [0.1, 0.15) is 31.5 Å². The summed E-state index contributed by atoms with van der Waals surface area (Å²) in [6.45, 7) is 2.69. The van der Waals surface area contributed by atoms with Crippen molar-refractivity contribution in [2.75, 3.05) is 11.9 Å². The summed E-state index contributed by atoms with van der Waals surface area (Å²) in [7, 11) is 0. The molecule has 0 saturated heterocycles. The molecular weight excluding hydrogens is 262 g/mol. The van der Waals surface area contributed by atoms with Crippen LogP contribution in [0.15, 0.2) is 24.7 Å². The first kappa shape index (κ1) is 13.6. The number of aromatic nitrogens is 4. The SMILES string of the molecule is C#CC1(CNc2ccnc(-n3ccnc3C)n2)CCCC1. The molecule has 1 N–H and O–H groups in total. The highest BCUT2D eigenvalue weighted by Crippen LogP contribution is 2.37. The van der Waals surface area contributed by atoms with Gasteiger partial charge >= 0.3 is 0 Å². The van der Waals surface area contributed by atoms with Crippen LogP contribution in [0.5, 0.6) is 0 Å². The maximum absolute atomic E-state index is 5.72. The zero-order valence-corrected chi connectivity index (χ0v) is 12.2. The van der Waals surface area contributed by atoms with Gasteiger partial charge < -0.3 is 5.32 Å². The minimum absolute atomic E-state index is 0.0178. The standard InChI is InChI=1S/C16H19N5/c1-3-16(7-4-5-8-16)12-19-14-6-9-18-15(20-14)21-11-10-17-13(21)2/h1,6,9-11H,4-5,7-8,12H2,2H3,(H,18,19,20). The molecule has 3 rings (SSSR count). The maximum atomic E-state index is 5.72. The van der Waals surface area contributed by atoms with Gasteiger partial charge in [-0.2, -0.15) is 4.98 Å². The molecule has 0 aromatic carbocycles. The second-order valence-corrected chi connectivity index (χ2v) is 5.57. The fourth-order valence-electron chi connectivity index (χ4n) is 2.84. The van der Waals surface area contributed by atoms with Crippen LogP contribution < -0.4 is 5.32 Å². The molecule has 1 aliphatic rings. The van der Waals surface area contributed by atoms with Gasteiger partial charge in [-0.3, -0.25) is 4.57 Å². The number of rotatable bonds is 4. The Hall–Kier alpha value is -2.35. The Labute approximate surface area is 124 Å². The van der Waals surface area contributed by atoms with Crippen LogP contribution in [-0.2, 0) is 0 Å². The van der Waals surface area contributed by atoms with E-state index in [4.69, 9.17) is 6.42 Å². The smallest absolute Gasteiger partial charge is 0.237 e. The van der Waals surface area contributed by atoms with Gasteiger partial charge in [-0.1, -0.05) is 18.8 Å². The summed E-state index contributed by atoms with van der Waals surface area (Å²) in [4.78, 5) is 13.0. The number of hydrogen-bond acceptors (Lipinski definition) is 4. The van der Waals surface area contributed by atoms with Crippen LogP contribution in [0.25, 0.3) is 5.95 Å². The van der Waals surface area contributed by atoms with Gasteiger partial charge in [0.2, 0.25) is 5.95 Å². The first-order chi connectivity index (χ1) is 10.2. The predicted molar refractivity (Wildman–Crippen MR) is 82.1 cm³/mol. The minimum atomic E-state index is -0.0178. The molecule has 0 aliphatic heterocycles. The number of nitrogens with zero attached hydrogens (tertiary/aromatic N) is 4. The summed E-state index contributed by atoms with van der Waals surface area (Å²) in [5.41, 5.74) is -0.0178. The highest BCUT2D eigenvalue weighted by Gasteiger charge is 2.31. The van der Waals surface area contributed by atoms with Crippen LogP contribution in [0, 0.1) is 24.7 Å². The molecule has 1 saturated carbocycles. The summed E-state index contributed by atoms with van der Waals surface area (Å²) in [5, 5.41) is 3.37. The topological polar surface area (TPSA) is 55.6 Å². The van der Waals surface area contributed by atoms with Crippen molar-refractivity contribution in [1.29, 1.82) is 0 Å². The normalized spacial score (nSPS) is 16.6. The van der Waals surface area contributed by atoms with Crippen LogP contribution >= 0.6 is 0 Å². The number of imidazole rings is 1. The number of anilines is 1. The van der Waals surface area contributed by atoms with Crippen molar-refractivity contribution in [3.05, 3.63) is 30.5 Å². The van der Waals surface area contributed by atoms with Crippen molar-refractivity contribution >= 4 is 5.82 Å². The van der Waals surface area contributed by atoms with E-state index in [1.807, 2.05) is 23.8 Å². The Morgan fingerprint density at radius 1 is 1.33 bits per heavy atom. The summed E-state index contributed by atoms with van der Waals surface area (Å²) in [6.07, 6.45) is 15.7. The van der Waals surface area contributed by atoms with E-state index < -0.39 is 0 Å². The summed E-state index contributed by atoms with van der Waals surface area (Å²) < 4.78 is 1.86. The van der Waals surface area contributed by atoms with Gasteiger partial charge in [0.25, 0.3) is 0 Å². The molecule has 0 amide bonds. The third kappa shape index (κ3) is 2.75. The van der Waals surface area contributed by atoms with Gasteiger partial charge in [0, 0.05) is 30.6 Å². The molecule has 0 spiro atoms. The Balaban J connectivity index is 1.75. The minimum Gasteiger partial charge on any atom is -0.368 e. The number of hydrogen-bond donors (Lipinski definition) is 1. The lowest BCUT2D eigenvalue weighted by molar-refractivity contribution is 0.444. The second-order valence-electron chi connectivity index (χ2n) is 5.57. The van der Waals surface area contributed by atoms with Gasteiger partial charge in [-0.15, -0.1) is 6.42 Å². The van der Waals surface area contributed by atoms with Gasteiger partial charge in [-0.25, -0.2) is 9.97 Å². The quantitative estimate of drug-likeness (QED) is 0.875. The van der Waals surface area contributed by atoms with E-state index in [2.05, 4.69) is 26.2 Å². The number of aryl methyl sites for hydroxylation is 1. The average Bonchev–Trinajstić information content (AvgIpc) is 3.15. The van der Waals surface area contributed by atoms with Crippen molar-refractivity contribution in [1.82, 2.24) is 19.5 Å². The maximum Gasteiger partial charge on any atom is 0.237 e. The third-order valence-corrected chi connectivity index (χ3v) is 4.16. The van der Waals surface area contributed by atoms with E-state index in [0.29, 0.717) is 5.95 Å². The van der Waals surface area contributed by atoms with Gasteiger partial charge in [-0.05, 0) is 25.8 Å². The molecule has 0 bridgehead atoms. The van der Waals surface area contributed by atoms with Crippen LogP contribution in [0.4, 0.5) is 5.82 Å². The summed E-state index contributed by atoms with van der Waals surface area (Å²) >= 11 is 0. The van der Waals surface area contributed by atoms with Crippen molar-refractivity contribution < 1.29 is 0 Å². The highest BCUT2D eigenvalue weighted by atomic mass is 15.2. The molecule has 1 fully saturated rings. The zero-order chi connectivity index (χ0) is 14.7. The molecule has 5 nitrogen and oxygen atoms in total. The molecule has 1 aliphatic carbocycles. The zero-order valence-electron chi connectivity index (χ0n) is 12.2. The lowest BCUT2D eigenvalue weighted by Gasteiger charge is -2.23. The van der Waals surface area contributed by atoms with Crippen LogP contribution in [-0.4, -0.2) is 26.1 Å². The van der Waals surface area contributed by atoms with E-state index in [1.54, 1.807) is 12.4 Å². The summed E-state index contributed by atoms with van der Waals surface area (Å²) in [5.74, 6) is 5.26. The Kier molecular flexibility index (Phi) is 3.61. The van der Waals surface area contributed by atoms with Crippen molar-refractivity contribution in [3.8, 4) is 18.3 Å². The monoisotopic (exact) mass is 281 g/mol. The van der Waals surface area contributed by atoms with Crippen LogP contribution in [0.2, 0.25) is 0 Å². The van der Waals surface area contributed by atoms with Crippen molar-refractivity contribution in [2.45, 2.75) is 32.6 Å². The highest BCUT2D eigenvalue weighted by molar-refractivity contribution is 5.37. The molecule has 2 aromatic heterocycles. The molecular formula is C16H19N5. The van der Waals surface area contributed by atoms with Crippen LogP contribution in [0.3, 0.4) is 0 Å². The summed E-state index contributed by atoms with van der Waals surface area (Å²) in [6, 6.07) is 1.87. The van der Waals surface area contributed by atoms with Crippen molar-refractivity contribution in [2.24, 2.45) is 5.41 Å². The van der Waals surface area contributed by atoms with Gasteiger partial charge in [0.1, 0.15) is 11.6 Å². The van der Waals surface area contributed by atoms with E-state index in [1.165, 1.54) is 12.8 Å². The number of terminal acetylenes is 1. The molecule has 2 heterocycles. The second kappa shape index (κ2) is 5.57. The number of nitrogens with one attached hydrogen (secondary N) is 1. The van der Waals surface area contributed by atoms with E-state index in [-0.39, 0.29) is 5.41 Å². The Morgan fingerprint density at radius 2 is 2.14 bits per heavy atom. The van der Waals surface area contributed by atoms with Crippen molar-refractivity contribution in [3.63, 3.8) is 0 Å². The predicted octanol–water partition coefficient (Wildman–Crippen LogP) is 2.58. The third-order valence-electron chi connectivity index (χ3n) is 4.16. The molecule has 108 valence electrons. The largest absolute Gasteiger partial charge is 0.368 e. The van der Waals surface area contributed by atoms with Gasteiger partial charge in [0.05, 0.1) is 0 Å². The lowest BCUT2D eigenvalue weighted by atomic mass is 9.87. The molecule has 21 heavy (non-hydrogen) atoms. The molecule has 0 unspecified atom stereocenters. The van der Waals surface area contributed by atoms with Gasteiger partial charge in [0.15, 0.2) is 0 Å². The fourth-order valence-corrected chi connectivity index (χ4v) is 2.84. The van der Waals surface area contributed by atoms with E-state index in [0.717, 1.165) is 31.0 Å². The fraction of sp³-hybridized carbons (Fsp3) is 0.438. The first-order valence-corrected chi connectivity index (χ1v) is 7.27. The lowest BCUT2D eigenvalue weighted by Crippen LogP contribution is -2.25. The molecule has 0 radical (unpaired) electrons. The average molecular weight is 281 g/mol. The van der Waals surface area contributed by atoms with E-state index in [9.17, 15) is 0 Å². The van der Waals surface area contributed by atoms with E-state index >= 15 is 0 Å².